The van der Waals surface area contributed by atoms with E-state index in [1.165, 1.54) is 0 Å². The number of rotatable bonds is 1. The monoisotopic (exact) mass is 334 g/mol. The summed E-state index contributed by atoms with van der Waals surface area (Å²) in [5, 5.41) is 0. The van der Waals surface area contributed by atoms with Gasteiger partial charge in [-0.15, -0.1) is 0 Å². The van der Waals surface area contributed by atoms with E-state index in [1.807, 2.05) is 0 Å². The first kappa shape index (κ1) is 15.1. The standard InChI is InChI=1S/C12H7F5N4O2/c13-7-8(20-10(19)21-9(7)18)4-1-2-5-6(3-4)23-12(16,17)11(14,15)22-5/h1-3H,(H4,18,19,20,21). The number of alkyl halides is 4. The fraction of sp³-hybridized carbons (Fsp3) is 0.167. The normalized spacial score (nSPS) is 17.8. The van der Waals surface area contributed by atoms with Crippen LogP contribution in [0.2, 0.25) is 0 Å². The second kappa shape index (κ2) is 4.57. The SMILES string of the molecule is Nc1nc(N)c(F)c(-c2ccc3c(c2)OC(F)(F)C(F)(F)O3)n1. The lowest BCUT2D eigenvalue weighted by Crippen LogP contribution is -2.52. The molecule has 4 N–H and O–H groups in total. The van der Waals surface area contributed by atoms with Gasteiger partial charge in [0.25, 0.3) is 0 Å². The second-order valence-electron chi connectivity index (χ2n) is 4.53. The number of nitrogens with two attached hydrogens (primary N) is 2. The van der Waals surface area contributed by atoms with Crippen molar-refractivity contribution in [1.29, 1.82) is 0 Å². The molecule has 122 valence electrons. The highest BCUT2D eigenvalue weighted by atomic mass is 19.3. The predicted octanol–water partition coefficient (Wildman–Crippen LogP) is 2.40. The van der Waals surface area contributed by atoms with Crippen molar-refractivity contribution in [1.82, 2.24) is 9.97 Å². The Morgan fingerprint density at radius 1 is 0.913 bits per heavy atom. The van der Waals surface area contributed by atoms with Crippen LogP contribution in [0.4, 0.5) is 33.7 Å². The van der Waals surface area contributed by atoms with E-state index < -0.39 is 41.0 Å². The number of nitrogen functional groups attached to an aromatic ring is 2. The lowest BCUT2D eigenvalue weighted by atomic mass is 10.1. The topological polar surface area (TPSA) is 96.3 Å². The molecule has 0 unspecified atom stereocenters. The Morgan fingerprint density at radius 2 is 1.52 bits per heavy atom. The maximum atomic E-state index is 13.9. The number of hydrogen-bond acceptors (Lipinski definition) is 6. The zero-order valence-electron chi connectivity index (χ0n) is 11.0. The molecule has 0 amide bonds. The van der Waals surface area contributed by atoms with Gasteiger partial charge in [-0.05, 0) is 18.2 Å². The first-order valence-electron chi connectivity index (χ1n) is 5.97. The van der Waals surface area contributed by atoms with Gasteiger partial charge in [0.1, 0.15) is 5.69 Å². The van der Waals surface area contributed by atoms with E-state index in [4.69, 9.17) is 11.5 Å². The summed E-state index contributed by atoms with van der Waals surface area (Å²) in [6.07, 6.45) is -9.72. The van der Waals surface area contributed by atoms with Gasteiger partial charge < -0.3 is 20.9 Å². The Morgan fingerprint density at radius 3 is 2.17 bits per heavy atom. The van der Waals surface area contributed by atoms with E-state index in [1.54, 1.807) is 0 Å². The maximum absolute atomic E-state index is 13.9. The molecule has 0 aliphatic carbocycles. The van der Waals surface area contributed by atoms with E-state index >= 15 is 0 Å². The quantitative estimate of drug-likeness (QED) is 0.778. The van der Waals surface area contributed by atoms with E-state index in [-0.39, 0.29) is 11.5 Å². The van der Waals surface area contributed by atoms with Crippen molar-refractivity contribution in [2.45, 2.75) is 12.2 Å². The lowest BCUT2D eigenvalue weighted by Gasteiger charge is -2.31. The molecule has 23 heavy (non-hydrogen) atoms. The molecule has 2 aromatic rings. The van der Waals surface area contributed by atoms with Crippen molar-refractivity contribution in [3.63, 3.8) is 0 Å². The Balaban J connectivity index is 2.10. The Kier molecular flexibility index (Phi) is 2.99. The summed E-state index contributed by atoms with van der Waals surface area (Å²) in [6, 6.07) is 2.86. The number of hydrogen-bond donors (Lipinski definition) is 2. The third-order valence-corrected chi connectivity index (χ3v) is 2.93. The third-order valence-electron chi connectivity index (χ3n) is 2.93. The van der Waals surface area contributed by atoms with Gasteiger partial charge in [0.2, 0.25) is 5.95 Å². The first-order chi connectivity index (χ1) is 10.6. The predicted molar refractivity (Wildman–Crippen MR) is 67.4 cm³/mol. The third kappa shape index (κ3) is 2.33. The second-order valence-corrected chi connectivity index (χ2v) is 4.53. The molecule has 11 heteroatoms. The molecule has 6 nitrogen and oxygen atoms in total. The van der Waals surface area contributed by atoms with Gasteiger partial charge in [-0.25, -0.2) is 9.37 Å². The van der Waals surface area contributed by atoms with Gasteiger partial charge >= 0.3 is 12.2 Å². The highest BCUT2D eigenvalue weighted by molar-refractivity contribution is 5.68. The molecule has 0 atom stereocenters. The van der Waals surface area contributed by atoms with Gasteiger partial charge in [-0.3, -0.25) is 0 Å². The molecule has 0 spiro atoms. The number of benzene rings is 1. The molecule has 0 radical (unpaired) electrons. The lowest BCUT2D eigenvalue weighted by molar-refractivity contribution is -0.391. The van der Waals surface area contributed by atoms with E-state index in [2.05, 4.69) is 19.4 Å². The minimum atomic E-state index is -4.89. The van der Waals surface area contributed by atoms with Crippen LogP contribution in [0.3, 0.4) is 0 Å². The molecule has 1 aliphatic rings. The van der Waals surface area contributed by atoms with Crippen molar-refractivity contribution in [2.75, 3.05) is 11.5 Å². The molecule has 0 saturated carbocycles. The minimum Gasteiger partial charge on any atom is -0.421 e. The molecular formula is C12H7F5N4O2. The number of nitrogens with zero attached hydrogens (tertiary/aromatic N) is 2. The van der Waals surface area contributed by atoms with Gasteiger partial charge in [0, 0.05) is 5.56 Å². The summed E-state index contributed by atoms with van der Waals surface area (Å²) in [7, 11) is 0. The van der Waals surface area contributed by atoms with Crippen LogP contribution in [0.1, 0.15) is 0 Å². The van der Waals surface area contributed by atoms with Crippen LogP contribution in [-0.2, 0) is 0 Å². The average molecular weight is 334 g/mol. The summed E-state index contributed by atoms with van der Waals surface area (Å²) in [4.78, 5) is 6.98. The fourth-order valence-corrected chi connectivity index (χ4v) is 1.89. The first-order valence-corrected chi connectivity index (χ1v) is 5.97. The number of aromatic nitrogens is 2. The molecule has 2 heterocycles. The van der Waals surface area contributed by atoms with Crippen LogP contribution in [0, 0.1) is 5.82 Å². The smallest absolute Gasteiger partial charge is 0.421 e. The Labute approximate surface area is 124 Å². The van der Waals surface area contributed by atoms with Gasteiger partial charge in [0.05, 0.1) is 0 Å². The van der Waals surface area contributed by atoms with Gasteiger partial charge in [-0.2, -0.15) is 22.5 Å². The van der Waals surface area contributed by atoms with Crippen LogP contribution in [0.15, 0.2) is 18.2 Å². The van der Waals surface area contributed by atoms with Crippen molar-refractivity contribution >= 4 is 11.8 Å². The van der Waals surface area contributed by atoms with Crippen LogP contribution < -0.4 is 20.9 Å². The summed E-state index contributed by atoms with van der Waals surface area (Å²) >= 11 is 0. The summed E-state index contributed by atoms with van der Waals surface area (Å²) in [6.45, 7) is 0. The van der Waals surface area contributed by atoms with Crippen LogP contribution in [-0.4, -0.2) is 22.2 Å². The molecule has 1 aliphatic heterocycles. The van der Waals surface area contributed by atoms with Crippen LogP contribution in [0.25, 0.3) is 11.3 Å². The molecule has 3 rings (SSSR count). The minimum absolute atomic E-state index is 0.0910. The highest BCUT2D eigenvalue weighted by Gasteiger charge is 2.65. The summed E-state index contributed by atoms with van der Waals surface area (Å²) in [5.41, 5.74) is 10.1. The zero-order valence-corrected chi connectivity index (χ0v) is 11.0. The maximum Gasteiger partial charge on any atom is 0.507 e. The number of ether oxygens (including phenoxy) is 2. The molecule has 1 aromatic carbocycles. The van der Waals surface area contributed by atoms with Crippen molar-refractivity contribution in [3.05, 3.63) is 24.0 Å². The van der Waals surface area contributed by atoms with Crippen LogP contribution in [0.5, 0.6) is 11.5 Å². The largest absolute Gasteiger partial charge is 0.507 e. The Hall–Kier alpha value is -2.85. The van der Waals surface area contributed by atoms with Crippen molar-refractivity contribution in [3.8, 4) is 22.8 Å². The number of anilines is 2. The zero-order chi connectivity index (χ0) is 17.0. The Bertz CT molecular complexity index is 799. The molecular weight excluding hydrogens is 327 g/mol. The van der Waals surface area contributed by atoms with E-state index in [0.29, 0.717) is 0 Å². The molecule has 0 bridgehead atoms. The summed E-state index contributed by atoms with van der Waals surface area (Å²) in [5.74, 6) is -3.31. The van der Waals surface area contributed by atoms with Gasteiger partial charge in [-0.1, -0.05) is 0 Å². The van der Waals surface area contributed by atoms with Crippen molar-refractivity contribution in [2.24, 2.45) is 0 Å². The average Bonchev–Trinajstić information content (AvgIpc) is 2.43. The molecule has 0 fully saturated rings. The van der Waals surface area contributed by atoms with E-state index in [9.17, 15) is 22.0 Å². The fourth-order valence-electron chi connectivity index (χ4n) is 1.89. The van der Waals surface area contributed by atoms with E-state index in [0.717, 1.165) is 18.2 Å². The summed E-state index contributed by atoms with van der Waals surface area (Å²) < 4.78 is 74.2. The molecule has 0 saturated heterocycles. The number of halogens is 5. The molecule has 1 aromatic heterocycles. The van der Waals surface area contributed by atoms with Gasteiger partial charge in [0.15, 0.2) is 23.1 Å². The number of fused-ring (bicyclic) bond motifs is 1. The van der Waals surface area contributed by atoms with Crippen molar-refractivity contribution < 1.29 is 31.4 Å². The van der Waals surface area contributed by atoms with Crippen LogP contribution >= 0.6 is 0 Å². The highest BCUT2D eigenvalue weighted by Crippen LogP contribution is 2.47.